The molecule has 3 aromatic rings. The van der Waals surface area contributed by atoms with Crippen molar-refractivity contribution in [1.29, 1.82) is 0 Å². The lowest BCUT2D eigenvalue weighted by molar-refractivity contribution is 0.0240. The molecule has 1 fully saturated rings. The van der Waals surface area contributed by atoms with Crippen LogP contribution in [0.5, 0.6) is 0 Å². The Kier molecular flexibility index (Phi) is 5.83. The number of hydrogen-bond donors (Lipinski definition) is 0. The molecule has 1 aliphatic heterocycles. The van der Waals surface area contributed by atoms with Crippen LogP contribution in [0.25, 0.3) is 22.0 Å². The first-order valence-electron chi connectivity index (χ1n) is 9.75. The molecule has 0 aliphatic carbocycles. The summed E-state index contributed by atoms with van der Waals surface area (Å²) in [6, 6.07) is 3.57. The maximum atomic E-state index is 15.2. The lowest BCUT2D eigenvalue weighted by Crippen LogP contribution is -2.50. The summed E-state index contributed by atoms with van der Waals surface area (Å²) in [7, 11) is 0. The average molecular weight is 512 g/mol. The van der Waals surface area contributed by atoms with Gasteiger partial charge in [-0.05, 0) is 60.4 Å². The minimum absolute atomic E-state index is 0.0427. The molecule has 0 spiro atoms. The smallest absolute Gasteiger partial charge is 0.410 e. The van der Waals surface area contributed by atoms with Crippen molar-refractivity contribution >= 4 is 50.3 Å². The van der Waals surface area contributed by atoms with E-state index in [4.69, 9.17) is 20.8 Å². The molecule has 164 valence electrons. The van der Waals surface area contributed by atoms with Gasteiger partial charge in [0, 0.05) is 42.7 Å². The van der Waals surface area contributed by atoms with E-state index in [0.29, 0.717) is 42.9 Å². The Balaban J connectivity index is 1.68. The number of anilines is 1. The maximum absolute atomic E-state index is 15.2. The number of amides is 1. The summed E-state index contributed by atoms with van der Waals surface area (Å²) in [5.41, 5.74) is 0.921. The summed E-state index contributed by atoms with van der Waals surface area (Å²) < 4.78 is 26.1. The van der Waals surface area contributed by atoms with Crippen molar-refractivity contribution in [3.05, 3.63) is 40.2 Å². The summed E-state index contributed by atoms with van der Waals surface area (Å²) >= 11 is 9.45. The second-order valence-electron chi connectivity index (χ2n) is 8.23. The molecule has 1 aromatic carbocycles. The van der Waals surface area contributed by atoms with Gasteiger partial charge >= 0.3 is 6.09 Å². The molecular formula is C21H21BrClFN4O3. The van der Waals surface area contributed by atoms with Crippen molar-refractivity contribution in [3.63, 3.8) is 0 Å². The first-order chi connectivity index (χ1) is 14.6. The highest BCUT2D eigenvalue weighted by Gasteiger charge is 2.28. The highest BCUT2D eigenvalue weighted by molar-refractivity contribution is 9.10. The van der Waals surface area contributed by atoms with Crippen LogP contribution in [-0.2, 0) is 4.74 Å². The van der Waals surface area contributed by atoms with E-state index in [2.05, 4.69) is 25.9 Å². The number of furan rings is 1. The summed E-state index contributed by atoms with van der Waals surface area (Å²) in [6.45, 7) is 7.40. The third-order valence-electron chi connectivity index (χ3n) is 4.89. The molecule has 0 saturated carbocycles. The average Bonchev–Trinajstić information content (AvgIpc) is 3.24. The molecule has 0 atom stereocenters. The number of ether oxygens (including phenoxy) is 1. The fourth-order valence-electron chi connectivity index (χ4n) is 3.46. The van der Waals surface area contributed by atoms with Crippen molar-refractivity contribution in [2.75, 3.05) is 31.1 Å². The molecule has 0 unspecified atom stereocenters. The second kappa shape index (κ2) is 8.27. The number of benzene rings is 1. The number of halogens is 3. The Labute approximate surface area is 192 Å². The molecule has 31 heavy (non-hydrogen) atoms. The van der Waals surface area contributed by atoms with Gasteiger partial charge in [0.1, 0.15) is 16.9 Å². The van der Waals surface area contributed by atoms with Crippen molar-refractivity contribution in [1.82, 2.24) is 14.9 Å². The van der Waals surface area contributed by atoms with Gasteiger partial charge in [-0.15, -0.1) is 0 Å². The number of carbonyl (C=O) groups excluding carboxylic acids is 1. The monoisotopic (exact) mass is 510 g/mol. The number of aromatic nitrogens is 2. The lowest BCUT2D eigenvalue weighted by Gasteiger charge is -2.36. The molecular weight excluding hydrogens is 491 g/mol. The summed E-state index contributed by atoms with van der Waals surface area (Å²) in [5.74, 6) is 0.00150. The van der Waals surface area contributed by atoms with Crippen molar-refractivity contribution in [3.8, 4) is 11.1 Å². The number of rotatable bonds is 2. The second-order valence-corrected chi connectivity index (χ2v) is 9.36. The van der Waals surface area contributed by atoms with Gasteiger partial charge in [-0.1, -0.05) is 0 Å². The molecule has 10 heteroatoms. The molecule has 0 N–H and O–H groups in total. The van der Waals surface area contributed by atoms with Crippen LogP contribution in [0.2, 0.25) is 5.28 Å². The van der Waals surface area contributed by atoms with E-state index in [1.165, 1.54) is 6.26 Å². The molecule has 2 aromatic heterocycles. The predicted molar refractivity (Wildman–Crippen MR) is 120 cm³/mol. The van der Waals surface area contributed by atoms with Crippen LogP contribution in [0.4, 0.5) is 15.0 Å². The van der Waals surface area contributed by atoms with Crippen LogP contribution in [-0.4, -0.2) is 52.7 Å². The van der Waals surface area contributed by atoms with Gasteiger partial charge in [-0.3, -0.25) is 0 Å². The van der Waals surface area contributed by atoms with Crippen molar-refractivity contribution < 1.29 is 18.3 Å². The van der Waals surface area contributed by atoms with E-state index < -0.39 is 11.4 Å². The zero-order chi connectivity index (χ0) is 22.3. The Morgan fingerprint density at radius 2 is 1.97 bits per heavy atom. The number of carbonyl (C=O) groups is 1. The fourth-order valence-corrected chi connectivity index (χ4v) is 4.15. The van der Waals surface area contributed by atoms with E-state index in [-0.39, 0.29) is 21.4 Å². The van der Waals surface area contributed by atoms with Crippen LogP contribution < -0.4 is 4.90 Å². The molecule has 1 amide bonds. The zero-order valence-electron chi connectivity index (χ0n) is 17.3. The van der Waals surface area contributed by atoms with Crippen molar-refractivity contribution in [2.24, 2.45) is 0 Å². The van der Waals surface area contributed by atoms with E-state index in [0.717, 1.165) is 5.56 Å². The van der Waals surface area contributed by atoms with E-state index in [1.807, 2.05) is 31.7 Å². The Morgan fingerprint density at radius 3 is 2.58 bits per heavy atom. The van der Waals surface area contributed by atoms with Gasteiger partial charge in [-0.2, -0.15) is 4.98 Å². The number of piperazine rings is 1. The molecule has 0 bridgehead atoms. The molecule has 7 nitrogen and oxygen atoms in total. The number of nitrogens with zero attached hydrogens (tertiary/aromatic N) is 4. The molecule has 1 saturated heterocycles. The standard InChI is InChI=1S/C21H21BrClFN4O3/c1-21(2,3)31-20(29)28-7-5-27(6-8-28)18-14-10-13(12-4-9-30-11-12)15(22)16(24)17(14)25-19(23)26-18/h4,9-11H,5-8H2,1-3H3. The highest BCUT2D eigenvalue weighted by Crippen LogP contribution is 2.38. The minimum Gasteiger partial charge on any atom is -0.472 e. The SMILES string of the molecule is CC(C)(C)OC(=O)N1CCN(c2nc(Cl)nc3c(F)c(Br)c(-c4ccoc4)cc23)CC1. The van der Waals surface area contributed by atoms with E-state index >= 15 is 4.39 Å². The Morgan fingerprint density at radius 1 is 1.26 bits per heavy atom. The first kappa shape index (κ1) is 21.8. The quantitative estimate of drug-likeness (QED) is 0.423. The maximum Gasteiger partial charge on any atom is 0.410 e. The minimum atomic E-state index is -0.557. The van der Waals surface area contributed by atoms with Gasteiger partial charge in [-0.25, -0.2) is 14.2 Å². The molecule has 4 rings (SSSR count). The summed E-state index contributed by atoms with van der Waals surface area (Å²) in [4.78, 5) is 24.5. The first-order valence-corrected chi connectivity index (χ1v) is 10.9. The highest BCUT2D eigenvalue weighted by atomic mass is 79.9. The molecule has 1 aliphatic rings. The third-order valence-corrected chi connectivity index (χ3v) is 5.83. The summed E-state index contributed by atoms with van der Waals surface area (Å²) in [5, 5.41) is 0.492. The number of fused-ring (bicyclic) bond motifs is 1. The lowest BCUT2D eigenvalue weighted by atomic mass is 10.1. The van der Waals surface area contributed by atoms with Gasteiger partial charge < -0.3 is 19.0 Å². The van der Waals surface area contributed by atoms with Crippen molar-refractivity contribution in [2.45, 2.75) is 26.4 Å². The normalized spacial score (nSPS) is 14.9. The summed E-state index contributed by atoms with van der Waals surface area (Å²) in [6.07, 6.45) is 2.72. The van der Waals surface area contributed by atoms with E-state index in [9.17, 15) is 4.79 Å². The van der Waals surface area contributed by atoms with Crippen LogP contribution in [0, 0.1) is 5.82 Å². The van der Waals surface area contributed by atoms with Gasteiger partial charge in [0.15, 0.2) is 5.82 Å². The number of hydrogen-bond acceptors (Lipinski definition) is 6. The predicted octanol–water partition coefficient (Wildman–Crippen LogP) is 5.50. The largest absolute Gasteiger partial charge is 0.472 e. The fraction of sp³-hybridized carbons (Fsp3) is 0.381. The Hall–Kier alpha value is -2.39. The third kappa shape index (κ3) is 4.48. The van der Waals surface area contributed by atoms with Gasteiger partial charge in [0.2, 0.25) is 5.28 Å². The van der Waals surface area contributed by atoms with Crippen LogP contribution in [0.1, 0.15) is 20.8 Å². The van der Waals surface area contributed by atoms with Gasteiger partial charge in [0.05, 0.1) is 17.0 Å². The van der Waals surface area contributed by atoms with Crippen LogP contribution >= 0.6 is 27.5 Å². The van der Waals surface area contributed by atoms with Crippen LogP contribution in [0.3, 0.4) is 0 Å². The Bertz CT molecular complexity index is 1130. The molecule has 3 heterocycles. The topological polar surface area (TPSA) is 71.7 Å². The van der Waals surface area contributed by atoms with Gasteiger partial charge in [0.25, 0.3) is 0 Å². The molecule has 0 radical (unpaired) electrons. The van der Waals surface area contributed by atoms with Crippen LogP contribution in [0.15, 0.2) is 33.5 Å². The zero-order valence-corrected chi connectivity index (χ0v) is 19.6. The van der Waals surface area contributed by atoms with E-state index in [1.54, 1.807) is 17.2 Å².